The van der Waals surface area contributed by atoms with Gasteiger partial charge >= 0.3 is 0 Å². The van der Waals surface area contributed by atoms with E-state index in [0.29, 0.717) is 0 Å². The predicted molar refractivity (Wildman–Crippen MR) is 59.5 cm³/mol. The van der Waals surface area contributed by atoms with Crippen LogP contribution in [-0.2, 0) is 9.84 Å². The zero-order valence-electron chi connectivity index (χ0n) is 8.43. The van der Waals surface area contributed by atoms with Crippen molar-refractivity contribution in [1.29, 1.82) is 0 Å². The highest BCUT2D eigenvalue weighted by molar-refractivity contribution is 8.06. The Balaban J connectivity index is 3.05. The molecule has 80 valence electrons. The van der Waals surface area contributed by atoms with E-state index >= 15 is 0 Å². The quantitative estimate of drug-likeness (QED) is 0.735. The van der Waals surface area contributed by atoms with Crippen molar-refractivity contribution >= 4 is 15.0 Å². The molecule has 4 heteroatoms. The van der Waals surface area contributed by atoms with E-state index in [1.165, 1.54) is 18.2 Å². The third-order valence-electron chi connectivity index (χ3n) is 1.91. The monoisotopic (exact) mass is 224 g/mol. The van der Waals surface area contributed by atoms with E-state index in [1.54, 1.807) is 12.1 Å². The summed E-state index contributed by atoms with van der Waals surface area (Å²) in [7, 11) is -3.73. The van der Waals surface area contributed by atoms with Gasteiger partial charge in [-0.1, -0.05) is 35.9 Å². The van der Waals surface area contributed by atoms with Gasteiger partial charge in [0, 0.05) is 5.56 Å². The molecule has 0 amide bonds. The van der Waals surface area contributed by atoms with Crippen molar-refractivity contribution in [3.8, 4) is 0 Å². The maximum Gasteiger partial charge on any atom is 0.276 e. The second kappa shape index (κ2) is 4.40. The molecular weight excluding hydrogens is 212 g/mol. The Morgan fingerprint density at radius 1 is 1.33 bits per heavy atom. The standard InChI is InChI=1S/C11H12O3S/c1-3-8-15(13,14)11(12)10-6-4-9(2)5-7-10/h3-7H,1,8H2,2H3. The molecule has 0 atom stereocenters. The summed E-state index contributed by atoms with van der Waals surface area (Å²) in [6, 6.07) is 6.43. The highest BCUT2D eigenvalue weighted by Gasteiger charge is 2.21. The minimum atomic E-state index is -3.73. The molecule has 0 N–H and O–H groups in total. The van der Waals surface area contributed by atoms with Crippen molar-refractivity contribution in [2.45, 2.75) is 6.92 Å². The molecule has 3 nitrogen and oxygen atoms in total. The van der Waals surface area contributed by atoms with Crippen LogP contribution < -0.4 is 0 Å². The lowest BCUT2D eigenvalue weighted by Gasteiger charge is -2.00. The predicted octanol–water partition coefficient (Wildman–Crippen LogP) is 1.74. The first-order valence-electron chi connectivity index (χ1n) is 4.42. The van der Waals surface area contributed by atoms with Gasteiger partial charge in [-0.15, -0.1) is 6.58 Å². The Labute approximate surface area is 89.4 Å². The molecule has 1 aromatic rings. The Kier molecular flexibility index (Phi) is 3.42. The smallest absolute Gasteiger partial charge is 0.276 e. The Morgan fingerprint density at radius 3 is 2.33 bits per heavy atom. The molecular formula is C11H12O3S. The van der Waals surface area contributed by atoms with Gasteiger partial charge in [-0.2, -0.15) is 0 Å². The van der Waals surface area contributed by atoms with E-state index in [-0.39, 0.29) is 11.3 Å². The van der Waals surface area contributed by atoms with Crippen LogP contribution in [0.4, 0.5) is 0 Å². The zero-order chi connectivity index (χ0) is 11.5. The third-order valence-corrected chi connectivity index (χ3v) is 3.38. The van der Waals surface area contributed by atoms with Crippen molar-refractivity contribution in [3.05, 3.63) is 48.0 Å². The Morgan fingerprint density at radius 2 is 1.87 bits per heavy atom. The van der Waals surface area contributed by atoms with Gasteiger partial charge in [0.15, 0.2) is 0 Å². The molecule has 0 saturated heterocycles. The van der Waals surface area contributed by atoms with Crippen LogP contribution >= 0.6 is 0 Å². The summed E-state index contributed by atoms with van der Waals surface area (Å²) in [6.45, 7) is 5.17. The maximum atomic E-state index is 11.5. The SMILES string of the molecule is C=CCS(=O)(=O)C(=O)c1ccc(C)cc1. The molecule has 0 spiro atoms. The topological polar surface area (TPSA) is 51.2 Å². The molecule has 0 fully saturated rings. The Bertz CT molecular complexity index is 469. The van der Waals surface area contributed by atoms with Crippen LogP contribution in [0.1, 0.15) is 15.9 Å². The number of hydrogen-bond donors (Lipinski definition) is 0. The van der Waals surface area contributed by atoms with E-state index in [0.717, 1.165) is 5.56 Å². The summed E-state index contributed by atoms with van der Waals surface area (Å²) in [5, 5.41) is -0.845. The first kappa shape index (κ1) is 11.7. The summed E-state index contributed by atoms with van der Waals surface area (Å²) in [4.78, 5) is 11.5. The van der Waals surface area contributed by atoms with Gasteiger partial charge in [-0.3, -0.25) is 4.79 Å². The zero-order valence-corrected chi connectivity index (χ0v) is 9.25. The molecule has 0 heterocycles. The van der Waals surface area contributed by atoms with Crippen LogP contribution in [0, 0.1) is 6.92 Å². The molecule has 0 bridgehead atoms. The summed E-state index contributed by atoms with van der Waals surface area (Å²) in [5.41, 5.74) is 1.18. The highest BCUT2D eigenvalue weighted by Crippen LogP contribution is 2.08. The number of benzene rings is 1. The maximum absolute atomic E-state index is 11.5. The van der Waals surface area contributed by atoms with Gasteiger partial charge in [0.05, 0.1) is 5.75 Å². The number of carbonyl (C=O) groups excluding carboxylic acids is 1. The van der Waals surface area contributed by atoms with Gasteiger partial charge in [0.25, 0.3) is 5.12 Å². The lowest BCUT2D eigenvalue weighted by atomic mass is 10.2. The fraction of sp³-hybridized carbons (Fsp3) is 0.182. The fourth-order valence-electron chi connectivity index (χ4n) is 1.10. The van der Waals surface area contributed by atoms with E-state index < -0.39 is 15.0 Å². The van der Waals surface area contributed by atoms with Crippen LogP contribution in [0.2, 0.25) is 0 Å². The van der Waals surface area contributed by atoms with Gasteiger partial charge in [0.1, 0.15) is 0 Å². The molecule has 0 aliphatic heterocycles. The minimum absolute atomic E-state index is 0.197. The molecule has 0 aliphatic rings. The van der Waals surface area contributed by atoms with E-state index in [4.69, 9.17) is 0 Å². The van der Waals surface area contributed by atoms with Gasteiger partial charge in [0.2, 0.25) is 9.84 Å². The summed E-state index contributed by atoms with van der Waals surface area (Å²) < 4.78 is 22.8. The number of carbonyl (C=O) groups is 1. The molecule has 1 rings (SSSR count). The first-order chi connectivity index (χ1) is 6.97. The molecule has 15 heavy (non-hydrogen) atoms. The third kappa shape index (κ3) is 2.76. The molecule has 0 saturated carbocycles. The van der Waals surface area contributed by atoms with Crippen LogP contribution in [0.25, 0.3) is 0 Å². The number of rotatable bonds is 3. The summed E-state index contributed by atoms with van der Waals surface area (Å²) in [6.07, 6.45) is 1.21. The molecule has 0 unspecified atom stereocenters. The summed E-state index contributed by atoms with van der Waals surface area (Å²) >= 11 is 0. The minimum Gasteiger partial charge on any atom is -0.276 e. The van der Waals surface area contributed by atoms with Crippen molar-refractivity contribution in [1.82, 2.24) is 0 Å². The molecule has 0 aromatic heterocycles. The van der Waals surface area contributed by atoms with Gasteiger partial charge in [-0.05, 0) is 6.92 Å². The highest BCUT2D eigenvalue weighted by atomic mass is 32.2. The molecule has 0 aliphatic carbocycles. The average Bonchev–Trinajstić information content (AvgIpc) is 2.18. The van der Waals surface area contributed by atoms with E-state index in [9.17, 15) is 13.2 Å². The second-order valence-corrected chi connectivity index (χ2v) is 5.16. The van der Waals surface area contributed by atoms with Crippen LogP contribution in [0.15, 0.2) is 36.9 Å². The van der Waals surface area contributed by atoms with E-state index in [1.807, 2.05) is 6.92 Å². The van der Waals surface area contributed by atoms with Crippen molar-refractivity contribution in [2.24, 2.45) is 0 Å². The number of hydrogen-bond acceptors (Lipinski definition) is 3. The van der Waals surface area contributed by atoms with Gasteiger partial charge in [-0.25, -0.2) is 8.42 Å². The second-order valence-electron chi connectivity index (χ2n) is 3.22. The number of sulfone groups is 1. The fourth-order valence-corrected chi connectivity index (χ4v) is 2.06. The summed E-state index contributed by atoms with van der Waals surface area (Å²) in [5.74, 6) is -0.320. The molecule has 1 aromatic carbocycles. The van der Waals surface area contributed by atoms with Crippen molar-refractivity contribution in [3.63, 3.8) is 0 Å². The lowest BCUT2D eigenvalue weighted by molar-refractivity contribution is 0.107. The van der Waals surface area contributed by atoms with Gasteiger partial charge < -0.3 is 0 Å². The van der Waals surface area contributed by atoms with E-state index in [2.05, 4.69) is 6.58 Å². The molecule has 0 radical (unpaired) electrons. The van der Waals surface area contributed by atoms with Crippen molar-refractivity contribution < 1.29 is 13.2 Å². The largest absolute Gasteiger partial charge is 0.276 e. The average molecular weight is 224 g/mol. The first-order valence-corrected chi connectivity index (χ1v) is 6.07. The lowest BCUT2D eigenvalue weighted by Crippen LogP contribution is -2.17. The van der Waals surface area contributed by atoms with Crippen LogP contribution in [-0.4, -0.2) is 19.3 Å². The van der Waals surface area contributed by atoms with Crippen LogP contribution in [0.5, 0.6) is 0 Å². The van der Waals surface area contributed by atoms with Crippen LogP contribution in [0.3, 0.4) is 0 Å². The van der Waals surface area contributed by atoms with Crippen molar-refractivity contribution in [2.75, 3.05) is 5.75 Å². The normalized spacial score (nSPS) is 11.0. The Hall–Kier alpha value is -1.42. The number of aryl methyl sites for hydroxylation is 1.